The molecule has 1 N–H and O–H groups in total. The molecule has 0 spiro atoms. The third kappa shape index (κ3) is 5.31. The van der Waals surface area contributed by atoms with E-state index in [0.29, 0.717) is 18.4 Å². The van der Waals surface area contributed by atoms with Gasteiger partial charge in [0, 0.05) is 12.3 Å². The molecule has 5 heteroatoms. The molecule has 0 aliphatic carbocycles. The molecule has 0 aromatic heterocycles. The van der Waals surface area contributed by atoms with Crippen LogP contribution >= 0.6 is 11.8 Å². The van der Waals surface area contributed by atoms with Gasteiger partial charge in [0.2, 0.25) is 0 Å². The Hall–Kier alpha value is -0.520. The highest BCUT2D eigenvalue weighted by Gasteiger charge is 2.42. The van der Waals surface area contributed by atoms with Crippen LogP contribution in [0, 0.1) is 11.8 Å². The van der Waals surface area contributed by atoms with Gasteiger partial charge in [0.15, 0.2) is 5.79 Å². The van der Waals surface area contributed by atoms with Gasteiger partial charge in [-0.25, -0.2) is 0 Å². The number of hydrogen-bond acceptors (Lipinski definition) is 4. The second-order valence-electron chi connectivity index (χ2n) is 6.32. The molecule has 0 aromatic rings. The summed E-state index contributed by atoms with van der Waals surface area (Å²) >= 11 is 2.00. The maximum atomic E-state index is 10.4. The first-order valence-corrected chi connectivity index (χ1v) is 8.90. The molecule has 120 valence electrons. The molecule has 2 fully saturated rings. The van der Waals surface area contributed by atoms with E-state index in [0.717, 1.165) is 25.0 Å². The number of carboxylic acid groups (broad SMARTS) is 1. The Morgan fingerprint density at radius 2 is 2.19 bits per heavy atom. The minimum absolute atomic E-state index is 0.223. The fourth-order valence-electron chi connectivity index (χ4n) is 2.96. The first-order chi connectivity index (χ1) is 9.98. The standard InChI is InChI=1S/C16H26O4S/c1-16(2)19-9-14(20-16)13-11-21-10-12(13)7-5-3-4-6-8-15(17)18/h3,5,12-14H,4,6-11H2,1-2H3,(H,17,18)/b5-3-/t12-,13+,14?/m0/s1. The van der Waals surface area contributed by atoms with Gasteiger partial charge in [-0.15, -0.1) is 0 Å². The molecular formula is C16H26O4S. The van der Waals surface area contributed by atoms with Crippen molar-refractivity contribution in [3.8, 4) is 0 Å². The highest BCUT2D eigenvalue weighted by Crippen LogP contribution is 2.39. The highest BCUT2D eigenvalue weighted by atomic mass is 32.2. The summed E-state index contributed by atoms with van der Waals surface area (Å²) < 4.78 is 11.7. The van der Waals surface area contributed by atoms with Crippen molar-refractivity contribution in [1.82, 2.24) is 0 Å². The van der Waals surface area contributed by atoms with Crippen molar-refractivity contribution in [1.29, 1.82) is 0 Å². The van der Waals surface area contributed by atoms with Crippen LogP contribution < -0.4 is 0 Å². The number of hydrogen-bond donors (Lipinski definition) is 1. The fraction of sp³-hybridized carbons (Fsp3) is 0.812. The summed E-state index contributed by atoms with van der Waals surface area (Å²) in [6, 6.07) is 0. The lowest BCUT2D eigenvalue weighted by atomic mass is 9.88. The van der Waals surface area contributed by atoms with Crippen LogP contribution in [0.4, 0.5) is 0 Å². The van der Waals surface area contributed by atoms with Crippen LogP contribution in [0.15, 0.2) is 12.2 Å². The van der Waals surface area contributed by atoms with E-state index in [1.165, 1.54) is 5.75 Å². The van der Waals surface area contributed by atoms with Gasteiger partial charge in [0.25, 0.3) is 0 Å². The smallest absolute Gasteiger partial charge is 0.303 e. The largest absolute Gasteiger partial charge is 0.481 e. The number of unbranched alkanes of at least 4 members (excludes halogenated alkanes) is 1. The van der Waals surface area contributed by atoms with Crippen LogP contribution in [-0.4, -0.2) is 41.1 Å². The Morgan fingerprint density at radius 3 is 2.86 bits per heavy atom. The number of rotatable bonds is 7. The van der Waals surface area contributed by atoms with Gasteiger partial charge in [-0.2, -0.15) is 11.8 Å². The van der Waals surface area contributed by atoms with Crippen molar-refractivity contribution >= 4 is 17.7 Å². The van der Waals surface area contributed by atoms with E-state index in [1.54, 1.807) is 0 Å². The second-order valence-corrected chi connectivity index (χ2v) is 7.40. The summed E-state index contributed by atoms with van der Waals surface area (Å²) in [7, 11) is 0. The number of allylic oxidation sites excluding steroid dienone is 2. The van der Waals surface area contributed by atoms with Crippen molar-refractivity contribution in [2.75, 3.05) is 18.1 Å². The number of aliphatic carboxylic acids is 1. The SMILES string of the molecule is CC1(C)OCC([C@@H]2CSC[C@@H]2C/C=C\CCCC(=O)O)O1. The Balaban J connectivity index is 1.72. The van der Waals surface area contributed by atoms with E-state index >= 15 is 0 Å². The molecule has 0 bridgehead atoms. The van der Waals surface area contributed by atoms with Crippen molar-refractivity contribution in [2.45, 2.75) is 51.4 Å². The van der Waals surface area contributed by atoms with E-state index in [4.69, 9.17) is 14.6 Å². The zero-order valence-electron chi connectivity index (χ0n) is 12.9. The first-order valence-electron chi connectivity index (χ1n) is 7.74. The molecule has 0 radical (unpaired) electrons. The molecule has 2 aliphatic heterocycles. The van der Waals surface area contributed by atoms with E-state index in [2.05, 4.69) is 12.2 Å². The fourth-order valence-corrected chi connectivity index (χ4v) is 4.54. The van der Waals surface area contributed by atoms with Gasteiger partial charge in [-0.05, 0) is 50.5 Å². The van der Waals surface area contributed by atoms with Gasteiger partial charge in [-0.3, -0.25) is 4.79 Å². The maximum absolute atomic E-state index is 10.4. The molecule has 4 nitrogen and oxygen atoms in total. The zero-order chi connectivity index (χ0) is 15.3. The predicted molar refractivity (Wildman–Crippen MR) is 84.5 cm³/mol. The van der Waals surface area contributed by atoms with Crippen LogP contribution in [-0.2, 0) is 14.3 Å². The minimum atomic E-state index is -0.711. The molecule has 1 unspecified atom stereocenters. The maximum Gasteiger partial charge on any atom is 0.303 e. The molecule has 2 saturated heterocycles. The van der Waals surface area contributed by atoms with Gasteiger partial charge >= 0.3 is 5.97 Å². The van der Waals surface area contributed by atoms with Gasteiger partial charge < -0.3 is 14.6 Å². The van der Waals surface area contributed by atoms with Gasteiger partial charge in [-0.1, -0.05) is 12.2 Å². The molecule has 0 amide bonds. The van der Waals surface area contributed by atoms with Gasteiger partial charge in [0.1, 0.15) is 0 Å². The molecule has 2 aliphatic rings. The minimum Gasteiger partial charge on any atom is -0.481 e. The average molecular weight is 314 g/mol. The topological polar surface area (TPSA) is 55.8 Å². The van der Waals surface area contributed by atoms with Crippen LogP contribution in [0.1, 0.15) is 39.5 Å². The quantitative estimate of drug-likeness (QED) is 0.577. The molecular weight excluding hydrogens is 288 g/mol. The highest BCUT2D eigenvalue weighted by molar-refractivity contribution is 7.99. The summed E-state index contributed by atoms with van der Waals surface area (Å²) in [6.07, 6.45) is 7.46. The lowest BCUT2D eigenvalue weighted by Gasteiger charge is -2.24. The molecule has 3 atom stereocenters. The molecule has 2 rings (SSSR count). The summed E-state index contributed by atoms with van der Waals surface area (Å²) in [5, 5.41) is 8.59. The Labute approximate surface area is 131 Å². The van der Waals surface area contributed by atoms with Crippen molar-refractivity contribution < 1.29 is 19.4 Å². The number of ether oxygens (including phenoxy) is 2. The Bertz CT molecular complexity index is 380. The molecule has 0 saturated carbocycles. The van der Waals surface area contributed by atoms with Crippen molar-refractivity contribution in [2.24, 2.45) is 11.8 Å². The molecule has 2 heterocycles. The van der Waals surface area contributed by atoms with E-state index in [-0.39, 0.29) is 12.5 Å². The summed E-state index contributed by atoms with van der Waals surface area (Å²) in [5.41, 5.74) is 0. The normalized spacial score (nSPS) is 32.0. The van der Waals surface area contributed by atoms with Crippen LogP contribution in [0.2, 0.25) is 0 Å². The average Bonchev–Trinajstić information content (AvgIpc) is 2.99. The first kappa shape index (κ1) is 16.8. The summed E-state index contributed by atoms with van der Waals surface area (Å²) in [6.45, 7) is 4.66. The van der Waals surface area contributed by atoms with E-state index in [1.807, 2.05) is 25.6 Å². The molecule has 21 heavy (non-hydrogen) atoms. The lowest BCUT2D eigenvalue weighted by Crippen LogP contribution is -2.30. The van der Waals surface area contributed by atoms with Crippen LogP contribution in [0.5, 0.6) is 0 Å². The number of carboxylic acids is 1. The zero-order valence-corrected chi connectivity index (χ0v) is 13.7. The third-order valence-corrected chi connectivity index (χ3v) is 5.41. The summed E-state index contributed by atoms with van der Waals surface area (Å²) in [5.74, 6) is 2.41. The Morgan fingerprint density at radius 1 is 1.38 bits per heavy atom. The summed E-state index contributed by atoms with van der Waals surface area (Å²) in [4.78, 5) is 10.4. The van der Waals surface area contributed by atoms with E-state index < -0.39 is 11.8 Å². The van der Waals surface area contributed by atoms with Gasteiger partial charge in [0.05, 0.1) is 12.7 Å². The van der Waals surface area contributed by atoms with Crippen molar-refractivity contribution in [3.05, 3.63) is 12.2 Å². The lowest BCUT2D eigenvalue weighted by molar-refractivity contribution is -0.145. The van der Waals surface area contributed by atoms with Crippen LogP contribution in [0.3, 0.4) is 0 Å². The predicted octanol–water partition coefficient (Wildman–Crippen LogP) is 3.32. The van der Waals surface area contributed by atoms with Crippen LogP contribution in [0.25, 0.3) is 0 Å². The number of carbonyl (C=O) groups is 1. The number of thioether (sulfide) groups is 1. The van der Waals surface area contributed by atoms with E-state index in [9.17, 15) is 4.79 Å². The third-order valence-electron chi connectivity index (χ3n) is 4.12. The monoisotopic (exact) mass is 314 g/mol. The van der Waals surface area contributed by atoms with Crippen molar-refractivity contribution in [3.63, 3.8) is 0 Å². The second kappa shape index (κ2) is 7.65. The Kier molecular flexibility index (Phi) is 6.14. The molecule has 0 aromatic carbocycles.